The fourth-order valence-corrected chi connectivity index (χ4v) is 2.40. The van der Waals surface area contributed by atoms with Crippen LogP contribution in [0.5, 0.6) is 0 Å². The lowest BCUT2D eigenvalue weighted by Crippen LogP contribution is -2.39. The van der Waals surface area contributed by atoms with Crippen LogP contribution in [-0.2, 0) is 10.2 Å². The molecular formula is C14H20N2O. The van der Waals surface area contributed by atoms with E-state index in [1.165, 1.54) is 11.1 Å². The van der Waals surface area contributed by atoms with E-state index in [0.717, 1.165) is 18.4 Å². The molecule has 1 amide bonds. The molecule has 0 saturated heterocycles. The Hall–Kier alpha value is -1.35. The van der Waals surface area contributed by atoms with E-state index in [0.29, 0.717) is 5.92 Å². The van der Waals surface area contributed by atoms with Crippen LogP contribution in [0.3, 0.4) is 0 Å². The number of hydrazine groups is 1. The highest BCUT2D eigenvalue weighted by Crippen LogP contribution is 2.49. The van der Waals surface area contributed by atoms with Gasteiger partial charge in [-0.3, -0.25) is 10.2 Å². The number of hydrogen-bond donors (Lipinski definition) is 2. The maximum absolute atomic E-state index is 11.9. The molecule has 0 aromatic heterocycles. The van der Waals surface area contributed by atoms with Gasteiger partial charge in [0.2, 0.25) is 5.91 Å². The fraction of sp³-hybridized carbons (Fsp3) is 0.500. The van der Waals surface area contributed by atoms with E-state index >= 15 is 0 Å². The minimum absolute atomic E-state index is 0.0542. The second-order valence-corrected chi connectivity index (χ2v) is 5.28. The molecule has 0 bridgehead atoms. The van der Waals surface area contributed by atoms with Crippen LogP contribution in [0.4, 0.5) is 0 Å². The zero-order valence-electron chi connectivity index (χ0n) is 10.7. The van der Waals surface area contributed by atoms with Gasteiger partial charge in [-0.1, -0.05) is 32.0 Å². The molecule has 0 heterocycles. The minimum atomic E-state index is -0.357. The van der Waals surface area contributed by atoms with Gasteiger partial charge in [-0.05, 0) is 42.4 Å². The van der Waals surface area contributed by atoms with Gasteiger partial charge in [-0.25, -0.2) is 5.84 Å². The molecule has 0 unspecified atom stereocenters. The number of rotatable bonds is 3. The third-order valence-corrected chi connectivity index (χ3v) is 3.76. The van der Waals surface area contributed by atoms with Gasteiger partial charge in [0.1, 0.15) is 0 Å². The highest BCUT2D eigenvalue weighted by Gasteiger charge is 2.51. The van der Waals surface area contributed by atoms with Crippen molar-refractivity contribution < 1.29 is 4.79 Å². The first-order valence-electron chi connectivity index (χ1n) is 6.13. The lowest BCUT2D eigenvalue weighted by Gasteiger charge is -2.18. The average Bonchev–Trinajstić information content (AvgIpc) is 3.09. The van der Waals surface area contributed by atoms with Gasteiger partial charge in [-0.15, -0.1) is 0 Å². The van der Waals surface area contributed by atoms with E-state index in [4.69, 9.17) is 5.84 Å². The van der Waals surface area contributed by atoms with Crippen LogP contribution in [0.15, 0.2) is 18.2 Å². The monoisotopic (exact) mass is 232 g/mol. The van der Waals surface area contributed by atoms with Gasteiger partial charge in [0.25, 0.3) is 0 Å². The summed E-state index contributed by atoms with van der Waals surface area (Å²) < 4.78 is 0. The molecule has 92 valence electrons. The van der Waals surface area contributed by atoms with E-state index in [9.17, 15) is 4.79 Å². The smallest absolute Gasteiger partial charge is 0.244 e. The molecule has 3 nitrogen and oxygen atoms in total. The summed E-state index contributed by atoms with van der Waals surface area (Å²) >= 11 is 0. The molecule has 1 aromatic carbocycles. The standard InChI is InChI=1S/C14H20N2O/c1-9(2)11-5-4-10(3)12(8-11)14(6-7-14)13(17)16-15/h4-5,8-9H,6-7,15H2,1-3H3,(H,16,17). The van der Waals surface area contributed by atoms with Crippen molar-refractivity contribution in [2.45, 2.75) is 44.9 Å². The normalized spacial score (nSPS) is 17.0. The van der Waals surface area contributed by atoms with Gasteiger partial charge in [-0.2, -0.15) is 0 Å². The van der Waals surface area contributed by atoms with Crippen LogP contribution in [0, 0.1) is 6.92 Å². The van der Waals surface area contributed by atoms with Crippen LogP contribution < -0.4 is 11.3 Å². The minimum Gasteiger partial charge on any atom is -0.293 e. The van der Waals surface area contributed by atoms with Crippen molar-refractivity contribution in [1.82, 2.24) is 5.43 Å². The van der Waals surface area contributed by atoms with E-state index < -0.39 is 0 Å². The Bertz CT molecular complexity index is 448. The Morgan fingerprint density at radius 1 is 1.41 bits per heavy atom. The third-order valence-electron chi connectivity index (χ3n) is 3.76. The average molecular weight is 232 g/mol. The van der Waals surface area contributed by atoms with Crippen LogP contribution in [0.1, 0.15) is 49.3 Å². The number of carbonyl (C=O) groups is 1. The first-order valence-corrected chi connectivity index (χ1v) is 6.13. The second kappa shape index (κ2) is 4.15. The first kappa shape index (κ1) is 12.1. The maximum atomic E-state index is 11.9. The van der Waals surface area contributed by atoms with Gasteiger partial charge in [0.15, 0.2) is 0 Å². The number of aryl methyl sites for hydroxylation is 1. The highest BCUT2D eigenvalue weighted by atomic mass is 16.2. The first-order chi connectivity index (χ1) is 8.01. The van der Waals surface area contributed by atoms with Gasteiger partial charge >= 0.3 is 0 Å². The molecule has 3 N–H and O–H groups in total. The number of carbonyl (C=O) groups excluding carboxylic acids is 1. The van der Waals surface area contributed by atoms with E-state index in [1.807, 2.05) is 0 Å². The van der Waals surface area contributed by atoms with E-state index in [-0.39, 0.29) is 11.3 Å². The number of benzene rings is 1. The Morgan fingerprint density at radius 2 is 2.06 bits per heavy atom. The lowest BCUT2D eigenvalue weighted by molar-refractivity contribution is -0.123. The fourth-order valence-electron chi connectivity index (χ4n) is 2.40. The van der Waals surface area contributed by atoms with Gasteiger partial charge in [0.05, 0.1) is 5.41 Å². The van der Waals surface area contributed by atoms with Crippen LogP contribution in [-0.4, -0.2) is 5.91 Å². The summed E-state index contributed by atoms with van der Waals surface area (Å²) in [4.78, 5) is 11.9. The molecule has 1 aromatic rings. The predicted molar refractivity (Wildman–Crippen MR) is 68.5 cm³/mol. The van der Waals surface area contributed by atoms with Crippen molar-refractivity contribution >= 4 is 5.91 Å². The molecule has 3 heteroatoms. The quantitative estimate of drug-likeness (QED) is 0.476. The number of hydrogen-bond acceptors (Lipinski definition) is 2. The van der Waals surface area contributed by atoms with Crippen molar-refractivity contribution in [3.05, 3.63) is 34.9 Å². The molecule has 0 atom stereocenters. The predicted octanol–water partition coefficient (Wildman–Crippen LogP) is 2.14. The molecule has 1 saturated carbocycles. The second-order valence-electron chi connectivity index (χ2n) is 5.28. The summed E-state index contributed by atoms with van der Waals surface area (Å²) in [6.45, 7) is 6.39. The van der Waals surface area contributed by atoms with Crippen molar-refractivity contribution in [3.8, 4) is 0 Å². The van der Waals surface area contributed by atoms with Crippen LogP contribution in [0.2, 0.25) is 0 Å². The Kier molecular flexibility index (Phi) is 2.96. The number of nitrogens with two attached hydrogens (primary N) is 1. The Balaban J connectivity index is 2.45. The zero-order chi connectivity index (χ0) is 12.6. The van der Waals surface area contributed by atoms with Gasteiger partial charge < -0.3 is 0 Å². The molecule has 0 spiro atoms. The number of nitrogens with one attached hydrogen (secondary N) is 1. The largest absolute Gasteiger partial charge is 0.293 e. The topological polar surface area (TPSA) is 55.1 Å². The van der Waals surface area contributed by atoms with Crippen LogP contribution in [0.25, 0.3) is 0 Å². The highest BCUT2D eigenvalue weighted by molar-refractivity contribution is 5.91. The third kappa shape index (κ3) is 1.95. The molecule has 17 heavy (non-hydrogen) atoms. The Morgan fingerprint density at radius 3 is 2.53 bits per heavy atom. The van der Waals surface area contributed by atoms with E-state index in [2.05, 4.69) is 44.4 Å². The summed E-state index contributed by atoms with van der Waals surface area (Å²) in [5.74, 6) is 5.71. The molecular weight excluding hydrogens is 212 g/mol. The van der Waals surface area contributed by atoms with E-state index in [1.54, 1.807) is 0 Å². The van der Waals surface area contributed by atoms with Crippen LogP contribution >= 0.6 is 0 Å². The summed E-state index contributed by atoms with van der Waals surface area (Å²) in [6, 6.07) is 6.41. The van der Waals surface area contributed by atoms with Crippen molar-refractivity contribution in [3.63, 3.8) is 0 Å². The van der Waals surface area contributed by atoms with Crippen molar-refractivity contribution in [1.29, 1.82) is 0 Å². The maximum Gasteiger partial charge on any atom is 0.244 e. The molecule has 0 aliphatic heterocycles. The lowest BCUT2D eigenvalue weighted by atomic mass is 9.87. The van der Waals surface area contributed by atoms with Crippen molar-refractivity contribution in [2.24, 2.45) is 5.84 Å². The number of amides is 1. The molecule has 0 radical (unpaired) electrons. The summed E-state index contributed by atoms with van der Waals surface area (Å²) in [7, 11) is 0. The van der Waals surface area contributed by atoms with Gasteiger partial charge in [0, 0.05) is 0 Å². The molecule has 1 fully saturated rings. The summed E-state index contributed by atoms with van der Waals surface area (Å²) in [6.07, 6.45) is 1.80. The Labute approximate surface area is 102 Å². The molecule has 1 aliphatic carbocycles. The summed E-state index contributed by atoms with van der Waals surface area (Å²) in [5.41, 5.74) is 5.55. The summed E-state index contributed by atoms with van der Waals surface area (Å²) in [5, 5.41) is 0. The SMILES string of the molecule is Cc1ccc(C(C)C)cc1C1(C(=O)NN)CC1. The van der Waals surface area contributed by atoms with Crippen molar-refractivity contribution in [2.75, 3.05) is 0 Å². The molecule has 2 rings (SSSR count). The molecule has 1 aliphatic rings. The zero-order valence-corrected chi connectivity index (χ0v) is 10.7.